The molecule has 7 heteroatoms. The second-order valence-corrected chi connectivity index (χ2v) is 6.68. The Morgan fingerprint density at radius 3 is 2.68 bits per heavy atom. The number of hydrogen-bond donors (Lipinski definition) is 1. The number of rotatable bonds is 6. The molecule has 4 aromatic rings. The third-order valence-corrected chi connectivity index (χ3v) is 4.94. The highest BCUT2D eigenvalue weighted by atomic mass is 16.3. The minimum Gasteiger partial charge on any atom is -0.463 e. The quantitative estimate of drug-likeness (QED) is 0.559. The topological polar surface area (TPSA) is 81.5 Å². The van der Waals surface area contributed by atoms with E-state index >= 15 is 0 Å². The number of nitrogens with one attached hydrogen (secondary N) is 1. The first-order chi connectivity index (χ1) is 13.6. The van der Waals surface area contributed by atoms with Gasteiger partial charge in [-0.1, -0.05) is 44.2 Å². The second kappa shape index (κ2) is 7.34. The zero-order chi connectivity index (χ0) is 19.7. The highest BCUT2D eigenvalue weighted by molar-refractivity contribution is 5.83. The molecule has 0 aliphatic rings. The van der Waals surface area contributed by atoms with Crippen LogP contribution in [0.4, 0.5) is 0 Å². The maximum absolute atomic E-state index is 13.1. The van der Waals surface area contributed by atoms with Gasteiger partial charge in [0.1, 0.15) is 17.4 Å². The molecule has 28 heavy (non-hydrogen) atoms. The summed E-state index contributed by atoms with van der Waals surface area (Å²) in [5.41, 5.74) is 2.61. The van der Waals surface area contributed by atoms with Gasteiger partial charge in [-0.2, -0.15) is 5.10 Å². The van der Waals surface area contributed by atoms with Crippen molar-refractivity contribution in [1.82, 2.24) is 19.5 Å². The summed E-state index contributed by atoms with van der Waals surface area (Å²) in [6.45, 7) is 4.26. The lowest BCUT2D eigenvalue weighted by Crippen LogP contribution is -2.39. The van der Waals surface area contributed by atoms with Crippen LogP contribution in [0.25, 0.3) is 16.6 Å². The van der Waals surface area contributed by atoms with Gasteiger partial charge in [0.25, 0.3) is 5.56 Å². The molecule has 0 unspecified atom stereocenters. The van der Waals surface area contributed by atoms with Crippen molar-refractivity contribution < 1.29 is 9.21 Å². The van der Waals surface area contributed by atoms with Crippen molar-refractivity contribution in [3.63, 3.8) is 0 Å². The third-order valence-electron chi connectivity index (χ3n) is 4.94. The molecule has 1 atom stereocenters. The Hall–Kier alpha value is -3.35. The predicted octanol–water partition coefficient (Wildman–Crippen LogP) is 3.07. The van der Waals surface area contributed by atoms with Crippen molar-refractivity contribution in [2.75, 3.05) is 0 Å². The van der Waals surface area contributed by atoms with Crippen LogP contribution in [0.15, 0.2) is 57.9 Å². The Balaban J connectivity index is 1.72. The number of carbonyl (C=O) groups is 1. The molecular weight excluding hydrogens is 356 g/mol. The number of aryl methyl sites for hydroxylation is 1. The summed E-state index contributed by atoms with van der Waals surface area (Å²) in [6.07, 6.45) is 2.67. The zero-order valence-corrected chi connectivity index (χ0v) is 15.9. The minimum absolute atomic E-state index is 0.220. The van der Waals surface area contributed by atoms with Crippen LogP contribution in [0.3, 0.4) is 0 Å². The van der Waals surface area contributed by atoms with Gasteiger partial charge in [-0.05, 0) is 12.0 Å². The minimum atomic E-state index is -0.673. The van der Waals surface area contributed by atoms with Crippen LogP contribution >= 0.6 is 0 Å². The van der Waals surface area contributed by atoms with E-state index in [1.165, 1.54) is 4.68 Å². The fraction of sp³-hybridized carbons (Fsp3) is 0.286. The smallest absolute Gasteiger partial charge is 0.291 e. The van der Waals surface area contributed by atoms with E-state index in [4.69, 9.17) is 4.42 Å². The Kier molecular flexibility index (Phi) is 4.73. The Bertz CT molecular complexity index is 1190. The molecule has 3 aromatic heterocycles. The van der Waals surface area contributed by atoms with Crippen LogP contribution in [0.5, 0.6) is 0 Å². The standard InChI is InChI=1S/C21H22N4O3/c1-3-15(20(26)22-13-14-8-6-5-7-9-14)25-21(27)17-12-18-16(10-11-28-18)24(17)19(4-2)23-25/h5-12,15H,3-4,13H2,1-2H3,(H,22,26)/t15-/m0/s1. The molecule has 0 aliphatic carbocycles. The molecule has 1 N–H and O–H groups in total. The summed E-state index contributed by atoms with van der Waals surface area (Å²) in [6, 6.07) is 12.5. The lowest BCUT2D eigenvalue weighted by Gasteiger charge is -2.18. The number of nitrogens with zero attached hydrogens (tertiary/aromatic N) is 3. The maximum atomic E-state index is 13.1. The summed E-state index contributed by atoms with van der Waals surface area (Å²) in [5.74, 6) is 0.489. The fourth-order valence-electron chi connectivity index (χ4n) is 3.51. The van der Waals surface area contributed by atoms with Crippen LogP contribution in [-0.2, 0) is 17.8 Å². The molecule has 4 rings (SSSR count). The van der Waals surface area contributed by atoms with E-state index in [9.17, 15) is 9.59 Å². The molecule has 0 radical (unpaired) electrons. The second-order valence-electron chi connectivity index (χ2n) is 6.68. The molecule has 0 spiro atoms. The molecular formula is C21H22N4O3. The molecule has 0 bridgehead atoms. The molecule has 0 saturated carbocycles. The van der Waals surface area contributed by atoms with E-state index in [1.807, 2.05) is 54.6 Å². The summed E-state index contributed by atoms with van der Waals surface area (Å²) < 4.78 is 8.57. The van der Waals surface area contributed by atoms with Crippen LogP contribution < -0.4 is 10.9 Å². The Morgan fingerprint density at radius 1 is 1.18 bits per heavy atom. The summed E-state index contributed by atoms with van der Waals surface area (Å²) in [5, 5.41) is 7.45. The molecule has 1 aromatic carbocycles. The van der Waals surface area contributed by atoms with Crippen molar-refractivity contribution in [1.29, 1.82) is 0 Å². The summed E-state index contributed by atoms with van der Waals surface area (Å²) in [4.78, 5) is 25.9. The van der Waals surface area contributed by atoms with Crippen molar-refractivity contribution in [3.05, 3.63) is 70.5 Å². The van der Waals surface area contributed by atoms with Crippen LogP contribution in [0.2, 0.25) is 0 Å². The lowest BCUT2D eigenvalue weighted by molar-refractivity contribution is -0.125. The van der Waals surface area contributed by atoms with Crippen molar-refractivity contribution in [2.24, 2.45) is 0 Å². The highest BCUT2D eigenvalue weighted by Gasteiger charge is 2.24. The Morgan fingerprint density at radius 2 is 1.96 bits per heavy atom. The van der Waals surface area contributed by atoms with E-state index in [0.29, 0.717) is 36.3 Å². The molecule has 3 heterocycles. The van der Waals surface area contributed by atoms with E-state index in [0.717, 1.165) is 11.1 Å². The van der Waals surface area contributed by atoms with Crippen LogP contribution in [0.1, 0.15) is 37.7 Å². The van der Waals surface area contributed by atoms with Gasteiger partial charge < -0.3 is 9.73 Å². The average Bonchev–Trinajstić information content (AvgIpc) is 3.31. The number of benzene rings is 1. The highest BCUT2D eigenvalue weighted by Crippen LogP contribution is 2.21. The number of aromatic nitrogens is 3. The van der Waals surface area contributed by atoms with E-state index < -0.39 is 6.04 Å². The fourth-order valence-corrected chi connectivity index (χ4v) is 3.51. The first kappa shape index (κ1) is 18.0. The SMILES string of the molecule is CCc1nn([C@@H](CC)C(=O)NCc2ccccc2)c(=O)c2cc3occc3n12. The normalized spacial score (nSPS) is 12.5. The number of amides is 1. The lowest BCUT2D eigenvalue weighted by atomic mass is 10.2. The number of carbonyl (C=O) groups excluding carboxylic acids is 1. The molecule has 1 amide bonds. The van der Waals surface area contributed by atoms with Gasteiger partial charge in [0, 0.05) is 25.1 Å². The van der Waals surface area contributed by atoms with Crippen molar-refractivity contribution in [3.8, 4) is 0 Å². The zero-order valence-electron chi connectivity index (χ0n) is 15.9. The maximum Gasteiger partial charge on any atom is 0.291 e. The molecule has 0 aliphatic heterocycles. The largest absolute Gasteiger partial charge is 0.463 e. The number of hydrogen-bond acceptors (Lipinski definition) is 4. The molecule has 0 saturated heterocycles. The summed E-state index contributed by atoms with van der Waals surface area (Å²) >= 11 is 0. The van der Waals surface area contributed by atoms with Gasteiger partial charge >= 0.3 is 0 Å². The predicted molar refractivity (Wildman–Crippen MR) is 106 cm³/mol. The first-order valence-corrected chi connectivity index (χ1v) is 9.46. The van der Waals surface area contributed by atoms with Crippen LogP contribution in [-0.4, -0.2) is 20.1 Å². The van der Waals surface area contributed by atoms with E-state index in [2.05, 4.69) is 10.4 Å². The molecule has 0 fully saturated rings. The first-order valence-electron chi connectivity index (χ1n) is 9.46. The van der Waals surface area contributed by atoms with Crippen molar-refractivity contribution >= 4 is 22.5 Å². The van der Waals surface area contributed by atoms with Gasteiger partial charge in [-0.25, -0.2) is 4.68 Å². The Labute approximate surface area is 161 Å². The number of fused-ring (bicyclic) bond motifs is 3. The van der Waals surface area contributed by atoms with Gasteiger partial charge in [0.15, 0.2) is 5.58 Å². The van der Waals surface area contributed by atoms with Gasteiger partial charge in [-0.15, -0.1) is 0 Å². The van der Waals surface area contributed by atoms with E-state index in [-0.39, 0.29) is 11.5 Å². The van der Waals surface area contributed by atoms with Gasteiger partial charge in [-0.3, -0.25) is 14.0 Å². The average molecular weight is 378 g/mol. The molecule has 144 valence electrons. The monoisotopic (exact) mass is 378 g/mol. The van der Waals surface area contributed by atoms with E-state index in [1.54, 1.807) is 12.3 Å². The van der Waals surface area contributed by atoms with Crippen molar-refractivity contribution in [2.45, 2.75) is 39.3 Å². The third kappa shape index (κ3) is 2.98. The van der Waals surface area contributed by atoms with Gasteiger partial charge in [0.05, 0.1) is 11.8 Å². The molecule has 7 nitrogen and oxygen atoms in total. The number of furan rings is 1. The van der Waals surface area contributed by atoms with Crippen LogP contribution in [0, 0.1) is 0 Å². The van der Waals surface area contributed by atoms with Gasteiger partial charge in [0.2, 0.25) is 5.91 Å². The summed E-state index contributed by atoms with van der Waals surface area (Å²) in [7, 11) is 0.